The van der Waals surface area contributed by atoms with Gasteiger partial charge in [0.05, 0.1) is 0 Å². The molecule has 1 heterocycles. The van der Waals surface area contributed by atoms with Crippen LogP contribution < -0.4 is 0 Å². The van der Waals surface area contributed by atoms with E-state index in [-0.39, 0.29) is 6.10 Å². The minimum Gasteiger partial charge on any atom is -0.458 e. The predicted molar refractivity (Wildman–Crippen MR) is 60.9 cm³/mol. The second-order valence-corrected chi connectivity index (χ2v) is 3.70. The van der Waals surface area contributed by atoms with Gasteiger partial charge in [-0.25, -0.2) is 0 Å². The van der Waals surface area contributed by atoms with Crippen molar-refractivity contribution in [2.24, 2.45) is 0 Å². The summed E-state index contributed by atoms with van der Waals surface area (Å²) in [5.74, 6) is 0.931. The molecule has 1 aromatic carbocycles. The maximum Gasteiger partial charge on any atom is 0.134 e. The van der Waals surface area contributed by atoms with Crippen LogP contribution in [0.2, 0.25) is 0 Å². The van der Waals surface area contributed by atoms with E-state index in [1.54, 1.807) is 7.11 Å². The third-order valence-corrected chi connectivity index (χ3v) is 2.60. The van der Waals surface area contributed by atoms with Crippen LogP contribution in [0.4, 0.5) is 0 Å². The molecule has 2 aromatic rings. The first kappa shape index (κ1) is 10.2. The van der Waals surface area contributed by atoms with Gasteiger partial charge >= 0.3 is 0 Å². The Hall–Kier alpha value is -1.28. The van der Waals surface area contributed by atoms with Crippen LogP contribution in [-0.2, 0) is 4.74 Å². The van der Waals surface area contributed by atoms with Crippen molar-refractivity contribution in [3.05, 3.63) is 36.1 Å². The molecule has 1 atom stereocenters. The molecule has 0 aliphatic rings. The number of fused-ring (bicyclic) bond motifs is 1. The van der Waals surface area contributed by atoms with Crippen LogP contribution in [-0.4, -0.2) is 7.11 Å². The zero-order valence-corrected chi connectivity index (χ0v) is 9.19. The molecule has 1 aromatic heterocycles. The summed E-state index contributed by atoms with van der Waals surface area (Å²) >= 11 is 0. The molecule has 0 aliphatic carbocycles. The van der Waals surface area contributed by atoms with E-state index in [0.717, 1.165) is 29.6 Å². The first-order chi connectivity index (χ1) is 7.35. The van der Waals surface area contributed by atoms with E-state index in [0.29, 0.717) is 0 Å². The van der Waals surface area contributed by atoms with Crippen molar-refractivity contribution in [2.45, 2.75) is 25.9 Å². The number of furan rings is 1. The molecule has 0 bridgehead atoms. The fourth-order valence-electron chi connectivity index (χ4n) is 1.80. The van der Waals surface area contributed by atoms with Gasteiger partial charge in [0.2, 0.25) is 0 Å². The zero-order chi connectivity index (χ0) is 10.7. The zero-order valence-electron chi connectivity index (χ0n) is 9.19. The third-order valence-electron chi connectivity index (χ3n) is 2.60. The fourth-order valence-corrected chi connectivity index (χ4v) is 1.80. The fraction of sp³-hybridized carbons (Fsp3) is 0.385. The van der Waals surface area contributed by atoms with Crippen LogP contribution in [0.5, 0.6) is 0 Å². The van der Waals surface area contributed by atoms with Gasteiger partial charge in [-0.2, -0.15) is 0 Å². The Kier molecular flexibility index (Phi) is 3.07. The van der Waals surface area contributed by atoms with E-state index in [1.807, 2.05) is 18.2 Å². The van der Waals surface area contributed by atoms with Gasteiger partial charge in [0.15, 0.2) is 0 Å². The summed E-state index contributed by atoms with van der Waals surface area (Å²) < 4.78 is 11.2. The summed E-state index contributed by atoms with van der Waals surface area (Å²) in [6.07, 6.45) is 2.17. The second kappa shape index (κ2) is 4.49. The Balaban J connectivity index is 2.34. The van der Waals surface area contributed by atoms with Gasteiger partial charge < -0.3 is 9.15 Å². The van der Waals surface area contributed by atoms with E-state index in [9.17, 15) is 0 Å². The monoisotopic (exact) mass is 204 g/mol. The lowest BCUT2D eigenvalue weighted by Gasteiger charge is -2.10. The lowest BCUT2D eigenvalue weighted by molar-refractivity contribution is 0.0775. The molecule has 0 saturated heterocycles. The molecule has 0 unspecified atom stereocenters. The van der Waals surface area contributed by atoms with Gasteiger partial charge in [0.25, 0.3) is 0 Å². The van der Waals surface area contributed by atoms with Crippen molar-refractivity contribution in [1.29, 1.82) is 0 Å². The molecule has 0 N–H and O–H groups in total. The van der Waals surface area contributed by atoms with Gasteiger partial charge in [-0.3, -0.25) is 0 Å². The summed E-state index contributed by atoms with van der Waals surface area (Å²) in [5.41, 5.74) is 0.936. The van der Waals surface area contributed by atoms with Crippen LogP contribution in [0.3, 0.4) is 0 Å². The standard InChI is InChI=1S/C13H16O2/c1-3-6-12(14-2)13-9-10-7-4-5-8-11(10)15-13/h4-5,7-9,12H,3,6H2,1-2H3/t12-/m1/s1. The molecule has 0 spiro atoms. The van der Waals surface area contributed by atoms with Gasteiger partial charge in [-0.15, -0.1) is 0 Å². The van der Waals surface area contributed by atoms with Crippen LogP contribution in [0.25, 0.3) is 11.0 Å². The Morgan fingerprint density at radius 3 is 2.80 bits per heavy atom. The van der Waals surface area contributed by atoms with E-state index in [2.05, 4.69) is 19.1 Å². The average molecular weight is 204 g/mol. The highest BCUT2D eigenvalue weighted by Crippen LogP contribution is 2.28. The van der Waals surface area contributed by atoms with Crippen molar-refractivity contribution in [3.63, 3.8) is 0 Å². The van der Waals surface area contributed by atoms with Crippen molar-refractivity contribution in [3.8, 4) is 0 Å². The molecule has 2 heteroatoms. The van der Waals surface area contributed by atoms with E-state index >= 15 is 0 Å². The van der Waals surface area contributed by atoms with Gasteiger partial charge in [-0.05, 0) is 18.6 Å². The van der Waals surface area contributed by atoms with E-state index in [1.165, 1.54) is 0 Å². The first-order valence-electron chi connectivity index (χ1n) is 5.36. The van der Waals surface area contributed by atoms with Crippen LogP contribution >= 0.6 is 0 Å². The van der Waals surface area contributed by atoms with Crippen molar-refractivity contribution < 1.29 is 9.15 Å². The molecule has 0 radical (unpaired) electrons. The van der Waals surface area contributed by atoms with Crippen LogP contribution in [0, 0.1) is 0 Å². The summed E-state index contributed by atoms with van der Waals surface area (Å²) in [6.45, 7) is 2.15. The second-order valence-electron chi connectivity index (χ2n) is 3.70. The van der Waals surface area contributed by atoms with Gasteiger partial charge in [0, 0.05) is 12.5 Å². The van der Waals surface area contributed by atoms with Gasteiger partial charge in [0.1, 0.15) is 17.4 Å². The number of rotatable bonds is 4. The predicted octanol–water partition coefficient (Wildman–Crippen LogP) is 3.92. The van der Waals surface area contributed by atoms with Crippen molar-refractivity contribution >= 4 is 11.0 Å². The smallest absolute Gasteiger partial charge is 0.134 e. The highest BCUT2D eigenvalue weighted by Gasteiger charge is 2.14. The summed E-state index contributed by atoms with van der Waals surface area (Å²) in [5, 5.41) is 1.14. The highest BCUT2D eigenvalue weighted by molar-refractivity contribution is 5.77. The molecular formula is C13H16O2. The molecule has 0 aliphatic heterocycles. The molecule has 80 valence electrons. The maximum absolute atomic E-state index is 5.75. The SMILES string of the molecule is CCC[C@@H](OC)c1cc2ccccc2o1. The Morgan fingerprint density at radius 2 is 2.13 bits per heavy atom. The molecule has 15 heavy (non-hydrogen) atoms. The third kappa shape index (κ3) is 2.05. The summed E-state index contributed by atoms with van der Waals surface area (Å²) in [6, 6.07) is 10.1. The topological polar surface area (TPSA) is 22.4 Å². The maximum atomic E-state index is 5.75. The number of methoxy groups -OCH3 is 1. The van der Waals surface area contributed by atoms with E-state index < -0.39 is 0 Å². The van der Waals surface area contributed by atoms with Crippen molar-refractivity contribution in [2.75, 3.05) is 7.11 Å². The number of benzene rings is 1. The van der Waals surface area contributed by atoms with E-state index in [4.69, 9.17) is 9.15 Å². The quantitative estimate of drug-likeness (QED) is 0.753. The molecule has 2 rings (SSSR count). The number of hydrogen-bond acceptors (Lipinski definition) is 2. The Bertz CT molecular complexity index is 398. The number of ether oxygens (including phenoxy) is 1. The Labute approximate surface area is 89.8 Å². The van der Waals surface area contributed by atoms with Crippen LogP contribution in [0.1, 0.15) is 31.6 Å². The summed E-state index contributed by atoms with van der Waals surface area (Å²) in [7, 11) is 1.73. The average Bonchev–Trinajstić information content (AvgIpc) is 2.69. The minimum absolute atomic E-state index is 0.0856. The minimum atomic E-state index is 0.0856. The number of hydrogen-bond donors (Lipinski definition) is 0. The molecule has 0 fully saturated rings. The molecule has 0 saturated carbocycles. The largest absolute Gasteiger partial charge is 0.458 e. The lowest BCUT2D eigenvalue weighted by Crippen LogP contribution is -1.98. The lowest BCUT2D eigenvalue weighted by atomic mass is 10.1. The molecule has 2 nitrogen and oxygen atoms in total. The van der Waals surface area contributed by atoms with Crippen molar-refractivity contribution in [1.82, 2.24) is 0 Å². The molecular weight excluding hydrogens is 188 g/mol. The Morgan fingerprint density at radius 1 is 1.33 bits per heavy atom. The van der Waals surface area contributed by atoms with Gasteiger partial charge in [-0.1, -0.05) is 31.5 Å². The first-order valence-corrected chi connectivity index (χ1v) is 5.36. The normalized spacial score (nSPS) is 13.2. The summed E-state index contributed by atoms with van der Waals surface area (Å²) in [4.78, 5) is 0. The number of para-hydroxylation sites is 1. The van der Waals surface area contributed by atoms with Crippen LogP contribution in [0.15, 0.2) is 34.7 Å². The highest BCUT2D eigenvalue weighted by atomic mass is 16.5. The molecule has 0 amide bonds.